The molecule has 0 fully saturated rings. The largest absolute Gasteiger partial charge is 0.364 e. The summed E-state index contributed by atoms with van der Waals surface area (Å²) in [6.45, 7) is 0.616. The van der Waals surface area contributed by atoms with Gasteiger partial charge in [-0.15, -0.1) is 0 Å². The van der Waals surface area contributed by atoms with Crippen molar-refractivity contribution >= 4 is 40.2 Å². The molecule has 0 bridgehead atoms. The number of anilines is 1. The minimum Gasteiger partial charge on any atom is -0.364 e. The minimum atomic E-state index is 0.176. The Morgan fingerprint density at radius 2 is 1.90 bits per heavy atom. The summed E-state index contributed by atoms with van der Waals surface area (Å²) < 4.78 is 1.86. The van der Waals surface area contributed by atoms with Crippen LogP contribution in [0.3, 0.4) is 0 Å². The van der Waals surface area contributed by atoms with E-state index in [2.05, 4.69) is 20.3 Å². The summed E-state index contributed by atoms with van der Waals surface area (Å²) in [6, 6.07) is 7.62. The Hall–Kier alpha value is -1.85. The first-order chi connectivity index (χ1) is 9.63. The van der Waals surface area contributed by atoms with Crippen molar-refractivity contribution in [3.8, 4) is 0 Å². The summed E-state index contributed by atoms with van der Waals surface area (Å²) in [7, 11) is 1.89. The molecule has 102 valence electrons. The highest BCUT2D eigenvalue weighted by atomic mass is 35.5. The van der Waals surface area contributed by atoms with E-state index in [1.54, 1.807) is 6.33 Å². The van der Waals surface area contributed by atoms with Gasteiger partial charge in [0.15, 0.2) is 11.5 Å². The van der Waals surface area contributed by atoms with E-state index in [1.807, 2.05) is 35.9 Å². The van der Waals surface area contributed by atoms with E-state index in [0.29, 0.717) is 23.0 Å². The lowest BCUT2D eigenvalue weighted by Gasteiger charge is -2.08. The zero-order valence-corrected chi connectivity index (χ0v) is 12.2. The highest BCUT2D eigenvalue weighted by molar-refractivity contribution is 6.30. The van der Waals surface area contributed by atoms with Crippen molar-refractivity contribution in [2.45, 2.75) is 6.54 Å². The molecule has 0 radical (unpaired) electrons. The molecule has 3 rings (SSSR count). The first-order valence-corrected chi connectivity index (χ1v) is 6.72. The van der Waals surface area contributed by atoms with Crippen LogP contribution < -0.4 is 5.32 Å². The Kier molecular flexibility index (Phi) is 3.46. The van der Waals surface area contributed by atoms with Crippen molar-refractivity contribution in [2.75, 3.05) is 5.32 Å². The fourth-order valence-corrected chi connectivity index (χ4v) is 2.23. The van der Waals surface area contributed by atoms with Crippen LogP contribution in [0.15, 0.2) is 30.6 Å². The maximum Gasteiger partial charge on any atom is 0.226 e. The molecular weight excluding hydrogens is 297 g/mol. The van der Waals surface area contributed by atoms with Crippen LogP contribution in [0.2, 0.25) is 10.3 Å². The van der Waals surface area contributed by atoms with Gasteiger partial charge in [-0.25, -0.2) is 4.98 Å². The number of halogens is 2. The Morgan fingerprint density at radius 1 is 1.15 bits per heavy atom. The van der Waals surface area contributed by atoms with Crippen molar-refractivity contribution in [3.63, 3.8) is 0 Å². The number of aromatic nitrogens is 4. The van der Waals surface area contributed by atoms with E-state index < -0.39 is 0 Å². The summed E-state index contributed by atoms with van der Waals surface area (Å²) in [5, 5.41) is 4.14. The van der Waals surface area contributed by atoms with Gasteiger partial charge in [-0.2, -0.15) is 9.97 Å². The molecule has 7 heteroatoms. The second kappa shape index (κ2) is 5.26. The maximum absolute atomic E-state index is 5.91. The molecule has 3 aromatic rings. The topological polar surface area (TPSA) is 55.6 Å². The van der Waals surface area contributed by atoms with Gasteiger partial charge in [0.1, 0.15) is 5.52 Å². The number of rotatable bonds is 3. The summed E-state index contributed by atoms with van der Waals surface area (Å²) in [5.41, 5.74) is 2.49. The summed E-state index contributed by atoms with van der Waals surface area (Å²) in [5.74, 6) is 0.662. The number of aryl methyl sites for hydroxylation is 1. The molecule has 20 heavy (non-hydrogen) atoms. The fraction of sp³-hybridized carbons (Fsp3) is 0.154. The van der Waals surface area contributed by atoms with Crippen molar-refractivity contribution in [2.24, 2.45) is 7.05 Å². The van der Waals surface area contributed by atoms with Gasteiger partial charge in [0.05, 0.1) is 6.33 Å². The molecule has 0 unspecified atom stereocenters. The molecule has 1 N–H and O–H groups in total. The summed E-state index contributed by atoms with van der Waals surface area (Å²) in [4.78, 5) is 12.5. The normalized spacial score (nSPS) is 10.9. The van der Waals surface area contributed by atoms with Gasteiger partial charge < -0.3 is 9.88 Å². The number of nitrogens with one attached hydrogen (secondary N) is 1. The number of benzene rings is 1. The number of imidazole rings is 1. The number of hydrogen-bond donors (Lipinski definition) is 1. The van der Waals surface area contributed by atoms with Crippen LogP contribution in [0.4, 0.5) is 5.82 Å². The second-order valence-electron chi connectivity index (χ2n) is 4.35. The van der Waals surface area contributed by atoms with Crippen molar-refractivity contribution in [3.05, 3.63) is 46.5 Å². The number of hydrogen-bond acceptors (Lipinski definition) is 4. The van der Waals surface area contributed by atoms with Crippen LogP contribution in [-0.2, 0) is 13.6 Å². The molecule has 0 spiro atoms. The summed E-state index contributed by atoms with van der Waals surface area (Å²) >= 11 is 11.8. The molecule has 2 heterocycles. The van der Waals surface area contributed by atoms with Crippen molar-refractivity contribution < 1.29 is 0 Å². The average Bonchev–Trinajstić information content (AvgIpc) is 2.79. The predicted molar refractivity (Wildman–Crippen MR) is 80.1 cm³/mol. The van der Waals surface area contributed by atoms with E-state index in [1.165, 1.54) is 0 Å². The first kappa shape index (κ1) is 13.1. The molecule has 0 aliphatic rings. The minimum absolute atomic E-state index is 0.176. The Labute approximate surface area is 125 Å². The molecule has 2 aromatic heterocycles. The molecule has 0 aliphatic heterocycles. The average molecular weight is 308 g/mol. The lowest BCUT2D eigenvalue weighted by molar-refractivity contribution is 0.942. The van der Waals surface area contributed by atoms with E-state index in [0.717, 1.165) is 11.1 Å². The lowest BCUT2D eigenvalue weighted by Crippen LogP contribution is -2.04. The van der Waals surface area contributed by atoms with Gasteiger partial charge in [-0.05, 0) is 29.3 Å². The van der Waals surface area contributed by atoms with Crippen LogP contribution in [0, 0.1) is 0 Å². The van der Waals surface area contributed by atoms with Crippen molar-refractivity contribution in [1.29, 1.82) is 0 Å². The zero-order valence-electron chi connectivity index (χ0n) is 10.6. The smallest absolute Gasteiger partial charge is 0.226 e. The number of nitrogens with zero attached hydrogens (tertiary/aromatic N) is 4. The van der Waals surface area contributed by atoms with Gasteiger partial charge >= 0.3 is 0 Å². The lowest BCUT2D eigenvalue weighted by atomic mass is 10.2. The van der Waals surface area contributed by atoms with Gasteiger partial charge in [-0.3, -0.25) is 0 Å². The molecule has 0 saturated heterocycles. The molecule has 1 aromatic carbocycles. The van der Waals surface area contributed by atoms with Crippen LogP contribution in [0.5, 0.6) is 0 Å². The Bertz CT molecular complexity index is 751. The second-order valence-corrected chi connectivity index (χ2v) is 5.12. The van der Waals surface area contributed by atoms with Crippen LogP contribution >= 0.6 is 23.2 Å². The van der Waals surface area contributed by atoms with Crippen LogP contribution in [0.1, 0.15) is 5.56 Å². The third kappa shape index (κ3) is 2.55. The molecular formula is C13H11Cl2N5. The van der Waals surface area contributed by atoms with Gasteiger partial charge in [-0.1, -0.05) is 23.7 Å². The van der Waals surface area contributed by atoms with Crippen molar-refractivity contribution in [1.82, 2.24) is 19.5 Å². The monoisotopic (exact) mass is 307 g/mol. The third-order valence-corrected chi connectivity index (χ3v) is 3.34. The van der Waals surface area contributed by atoms with E-state index >= 15 is 0 Å². The highest BCUT2D eigenvalue weighted by Gasteiger charge is 2.10. The molecule has 5 nitrogen and oxygen atoms in total. The van der Waals surface area contributed by atoms with Gasteiger partial charge in [0.25, 0.3) is 0 Å². The Morgan fingerprint density at radius 3 is 2.65 bits per heavy atom. The highest BCUT2D eigenvalue weighted by Crippen LogP contribution is 2.21. The van der Waals surface area contributed by atoms with Crippen LogP contribution in [-0.4, -0.2) is 19.5 Å². The third-order valence-electron chi connectivity index (χ3n) is 2.92. The zero-order chi connectivity index (χ0) is 14.1. The van der Waals surface area contributed by atoms with E-state index in [9.17, 15) is 0 Å². The first-order valence-electron chi connectivity index (χ1n) is 5.96. The quantitative estimate of drug-likeness (QED) is 0.754. The maximum atomic E-state index is 5.91. The fourth-order valence-electron chi connectivity index (χ4n) is 1.94. The van der Waals surface area contributed by atoms with E-state index in [4.69, 9.17) is 23.2 Å². The van der Waals surface area contributed by atoms with E-state index in [-0.39, 0.29) is 5.28 Å². The molecule has 0 saturated carbocycles. The number of fused-ring (bicyclic) bond motifs is 1. The summed E-state index contributed by atoms with van der Waals surface area (Å²) in [6.07, 6.45) is 1.68. The molecule has 0 aliphatic carbocycles. The molecule has 0 atom stereocenters. The van der Waals surface area contributed by atoms with Gasteiger partial charge in [0, 0.05) is 18.6 Å². The standard InChI is InChI=1S/C13H11Cl2N5/c1-20-7-17-12-10(20)11(18-13(15)19-12)16-6-8-2-4-9(14)5-3-8/h2-5,7H,6H2,1H3,(H,16,18,19). The Balaban J connectivity index is 1.90. The predicted octanol–water partition coefficient (Wildman–Crippen LogP) is 3.28. The SMILES string of the molecule is Cn1cnc2nc(Cl)nc(NCc3ccc(Cl)cc3)c21. The van der Waals surface area contributed by atoms with Gasteiger partial charge in [0.2, 0.25) is 5.28 Å². The van der Waals surface area contributed by atoms with Crippen LogP contribution in [0.25, 0.3) is 11.2 Å². The molecule has 0 amide bonds.